The molecule has 0 amide bonds. The zero-order valence-electron chi connectivity index (χ0n) is 17.3. The molecule has 0 atom stereocenters. The van der Waals surface area contributed by atoms with Gasteiger partial charge in [-0.15, -0.1) is 5.10 Å². The van der Waals surface area contributed by atoms with Gasteiger partial charge in [0.2, 0.25) is 10.0 Å². The van der Waals surface area contributed by atoms with E-state index in [0.717, 1.165) is 27.6 Å². The van der Waals surface area contributed by atoms with Crippen molar-refractivity contribution in [3.05, 3.63) is 95.8 Å². The molecule has 3 aromatic heterocycles. The van der Waals surface area contributed by atoms with E-state index in [-0.39, 0.29) is 18.0 Å². The number of benzene rings is 2. The Hall–Kier alpha value is -3.69. The molecule has 0 radical (unpaired) electrons. The molecule has 5 aromatic rings. The highest BCUT2D eigenvalue weighted by Gasteiger charge is 2.26. The van der Waals surface area contributed by atoms with Crippen LogP contribution in [-0.4, -0.2) is 37.7 Å². The molecule has 9 heteroatoms. The summed E-state index contributed by atoms with van der Waals surface area (Å²) in [6.45, 7) is 2.29. The van der Waals surface area contributed by atoms with Gasteiger partial charge in [0.1, 0.15) is 0 Å². The van der Waals surface area contributed by atoms with Crippen LogP contribution in [0.2, 0.25) is 0 Å². The van der Waals surface area contributed by atoms with Gasteiger partial charge in [-0.25, -0.2) is 8.42 Å². The molecule has 3 heterocycles. The fraction of sp³-hybridized carbons (Fsp3) is 0.130. The van der Waals surface area contributed by atoms with Crippen molar-refractivity contribution in [2.24, 2.45) is 0 Å². The second-order valence-corrected chi connectivity index (χ2v) is 9.53. The number of rotatable bonds is 6. The summed E-state index contributed by atoms with van der Waals surface area (Å²) in [4.78, 5) is 4.37. The third-order valence-electron chi connectivity index (χ3n) is 5.31. The lowest BCUT2D eigenvalue weighted by atomic mass is 10.1. The predicted molar refractivity (Wildman–Crippen MR) is 120 cm³/mol. The molecule has 160 valence electrons. The number of pyridine rings is 2. The van der Waals surface area contributed by atoms with E-state index in [1.165, 1.54) is 4.31 Å². The van der Waals surface area contributed by atoms with Crippen LogP contribution in [0.25, 0.3) is 16.6 Å². The molecule has 0 spiro atoms. The summed E-state index contributed by atoms with van der Waals surface area (Å²) in [5, 5.41) is 13.1. The van der Waals surface area contributed by atoms with E-state index in [1.54, 1.807) is 53.3 Å². The standard InChI is InChI=1S/C23H20N6O2S/c1-17-9-10-22-19(12-17)13-20(23-25-26-27-29(22)23)16-28(15-18-6-5-11-24-14-18)32(30,31)21-7-3-2-4-8-21/h2-14H,15-16H2,1H3. The molecule has 0 saturated carbocycles. The number of fused-ring (bicyclic) bond motifs is 3. The summed E-state index contributed by atoms with van der Waals surface area (Å²) >= 11 is 0. The molecule has 8 nitrogen and oxygen atoms in total. The Morgan fingerprint density at radius 2 is 1.81 bits per heavy atom. The van der Waals surface area contributed by atoms with Gasteiger partial charge < -0.3 is 0 Å². The molecular weight excluding hydrogens is 424 g/mol. The second-order valence-electron chi connectivity index (χ2n) is 7.59. The number of aryl methyl sites for hydroxylation is 1. The van der Waals surface area contributed by atoms with Crippen LogP contribution in [0.15, 0.2) is 84.0 Å². The fourth-order valence-corrected chi connectivity index (χ4v) is 5.18. The molecule has 0 N–H and O–H groups in total. The number of aromatic nitrogens is 5. The van der Waals surface area contributed by atoms with E-state index in [1.807, 2.05) is 37.3 Å². The summed E-state index contributed by atoms with van der Waals surface area (Å²) in [5.41, 5.74) is 4.00. The lowest BCUT2D eigenvalue weighted by molar-refractivity contribution is 0.401. The zero-order chi connectivity index (χ0) is 22.1. The first-order valence-electron chi connectivity index (χ1n) is 10.1. The van der Waals surface area contributed by atoms with Crippen LogP contribution < -0.4 is 0 Å². The summed E-state index contributed by atoms with van der Waals surface area (Å²) in [6.07, 6.45) is 3.34. The van der Waals surface area contributed by atoms with Gasteiger partial charge in [-0.05, 0) is 59.3 Å². The number of hydrogen-bond acceptors (Lipinski definition) is 6. The number of tetrazole rings is 1. The highest BCUT2D eigenvalue weighted by Crippen LogP contribution is 2.25. The molecular formula is C23H20N6O2S. The van der Waals surface area contributed by atoms with Crippen LogP contribution in [0, 0.1) is 6.92 Å². The average molecular weight is 445 g/mol. The molecule has 0 unspecified atom stereocenters. The molecule has 0 fully saturated rings. The van der Waals surface area contributed by atoms with E-state index in [2.05, 4.69) is 20.5 Å². The highest BCUT2D eigenvalue weighted by atomic mass is 32.2. The van der Waals surface area contributed by atoms with Crippen molar-refractivity contribution in [1.29, 1.82) is 0 Å². The minimum absolute atomic E-state index is 0.111. The SMILES string of the molecule is Cc1ccc2c(c1)cc(CN(Cc1cccnc1)S(=O)(=O)c1ccccc1)c1nnnn12. The Morgan fingerprint density at radius 3 is 2.59 bits per heavy atom. The van der Waals surface area contributed by atoms with E-state index in [9.17, 15) is 8.42 Å². The van der Waals surface area contributed by atoms with Crippen LogP contribution in [-0.2, 0) is 23.1 Å². The third kappa shape index (κ3) is 3.72. The molecule has 32 heavy (non-hydrogen) atoms. The van der Waals surface area contributed by atoms with Crippen molar-refractivity contribution in [3.8, 4) is 0 Å². The van der Waals surface area contributed by atoms with Crippen molar-refractivity contribution >= 4 is 26.6 Å². The molecule has 2 aromatic carbocycles. The molecule has 0 bridgehead atoms. The van der Waals surface area contributed by atoms with Crippen molar-refractivity contribution in [2.75, 3.05) is 0 Å². The largest absolute Gasteiger partial charge is 0.264 e. The highest BCUT2D eigenvalue weighted by molar-refractivity contribution is 7.89. The molecule has 0 aliphatic heterocycles. The first-order valence-corrected chi connectivity index (χ1v) is 11.5. The van der Waals surface area contributed by atoms with E-state index >= 15 is 0 Å². The van der Waals surface area contributed by atoms with Crippen molar-refractivity contribution < 1.29 is 8.42 Å². The summed E-state index contributed by atoms with van der Waals surface area (Å²) in [6, 6.07) is 20.0. The van der Waals surface area contributed by atoms with Gasteiger partial charge in [0.25, 0.3) is 0 Å². The van der Waals surface area contributed by atoms with Crippen molar-refractivity contribution in [3.63, 3.8) is 0 Å². The maximum atomic E-state index is 13.6. The van der Waals surface area contributed by atoms with Gasteiger partial charge in [0.15, 0.2) is 5.65 Å². The Balaban J connectivity index is 1.64. The monoisotopic (exact) mass is 444 g/mol. The maximum Gasteiger partial charge on any atom is 0.243 e. The van der Waals surface area contributed by atoms with Crippen LogP contribution in [0.4, 0.5) is 0 Å². The van der Waals surface area contributed by atoms with Crippen molar-refractivity contribution in [2.45, 2.75) is 24.9 Å². The number of nitrogens with zero attached hydrogens (tertiary/aromatic N) is 6. The van der Waals surface area contributed by atoms with E-state index in [0.29, 0.717) is 5.65 Å². The molecule has 5 rings (SSSR count). The van der Waals surface area contributed by atoms with Crippen LogP contribution in [0.1, 0.15) is 16.7 Å². The summed E-state index contributed by atoms with van der Waals surface area (Å²) in [7, 11) is -3.78. The quantitative estimate of drug-likeness (QED) is 0.399. The van der Waals surface area contributed by atoms with Gasteiger partial charge in [-0.3, -0.25) is 4.98 Å². The predicted octanol–water partition coefficient (Wildman–Crippen LogP) is 3.37. The summed E-state index contributed by atoms with van der Waals surface area (Å²) in [5.74, 6) is 0. The minimum Gasteiger partial charge on any atom is -0.264 e. The topological polar surface area (TPSA) is 93.4 Å². The second kappa shape index (κ2) is 8.10. The molecule has 0 aliphatic carbocycles. The van der Waals surface area contributed by atoms with E-state index in [4.69, 9.17) is 0 Å². The van der Waals surface area contributed by atoms with Crippen molar-refractivity contribution in [1.82, 2.24) is 29.3 Å². The average Bonchev–Trinajstić information content (AvgIpc) is 3.30. The fourth-order valence-electron chi connectivity index (χ4n) is 3.75. The van der Waals surface area contributed by atoms with Gasteiger partial charge in [-0.2, -0.15) is 8.82 Å². The lowest BCUT2D eigenvalue weighted by Gasteiger charge is -2.23. The Kier molecular flexibility index (Phi) is 5.12. The van der Waals surface area contributed by atoms with Gasteiger partial charge >= 0.3 is 0 Å². The smallest absolute Gasteiger partial charge is 0.243 e. The van der Waals surface area contributed by atoms with Crippen LogP contribution >= 0.6 is 0 Å². The summed E-state index contributed by atoms with van der Waals surface area (Å²) < 4.78 is 30.3. The zero-order valence-corrected chi connectivity index (χ0v) is 18.1. The van der Waals surface area contributed by atoms with Gasteiger partial charge in [-0.1, -0.05) is 35.9 Å². The Bertz CT molecular complexity index is 1500. The number of sulfonamides is 1. The first-order chi connectivity index (χ1) is 15.5. The normalized spacial score (nSPS) is 12.1. The van der Waals surface area contributed by atoms with Crippen LogP contribution in [0.3, 0.4) is 0 Å². The van der Waals surface area contributed by atoms with Gasteiger partial charge in [0.05, 0.1) is 10.4 Å². The Morgan fingerprint density at radius 1 is 0.969 bits per heavy atom. The Labute approximate surface area is 185 Å². The van der Waals surface area contributed by atoms with E-state index < -0.39 is 10.0 Å². The number of hydrogen-bond donors (Lipinski definition) is 0. The third-order valence-corrected chi connectivity index (χ3v) is 7.11. The first kappa shape index (κ1) is 20.2. The maximum absolute atomic E-state index is 13.6. The lowest BCUT2D eigenvalue weighted by Crippen LogP contribution is -2.30. The van der Waals surface area contributed by atoms with Gasteiger partial charge in [0, 0.05) is 36.4 Å². The van der Waals surface area contributed by atoms with Crippen LogP contribution in [0.5, 0.6) is 0 Å². The molecule has 0 saturated heterocycles. The molecule has 0 aliphatic rings. The minimum atomic E-state index is -3.78.